The molecule has 2 aromatic heterocycles. The third-order valence-corrected chi connectivity index (χ3v) is 15.8. The van der Waals surface area contributed by atoms with Crippen molar-refractivity contribution in [2.24, 2.45) is 5.92 Å². The number of aromatic nitrogens is 3. The maximum atomic E-state index is 14.7. The molecule has 4 heterocycles. The predicted octanol–water partition coefficient (Wildman–Crippen LogP) is 5.86. The number of nitrogens with one attached hydrogen (secondary N) is 3. The van der Waals surface area contributed by atoms with E-state index >= 15 is 0 Å². The summed E-state index contributed by atoms with van der Waals surface area (Å²) in [5.41, 5.74) is 1.34. The number of nitrogens with zero attached hydrogens (tertiary/aromatic N) is 4. The number of sulfonamides is 1. The van der Waals surface area contributed by atoms with Gasteiger partial charge in [0.2, 0.25) is 21.8 Å². The zero-order valence-electron chi connectivity index (χ0n) is 35.3. The Morgan fingerprint density at radius 1 is 1.07 bits per heavy atom. The van der Waals surface area contributed by atoms with Crippen molar-refractivity contribution in [1.29, 1.82) is 0 Å². The lowest BCUT2D eigenvalue weighted by Crippen LogP contribution is -2.58. The average molecular weight is 864 g/mol. The van der Waals surface area contributed by atoms with Crippen molar-refractivity contribution in [1.82, 2.24) is 34.8 Å². The van der Waals surface area contributed by atoms with E-state index in [9.17, 15) is 27.6 Å². The van der Waals surface area contributed by atoms with Crippen LogP contribution in [0.25, 0.3) is 21.6 Å². The van der Waals surface area contributed by atoms with E-state index in [1.807, 2.05) is 48.8 Å². The Labute approximate surface area is 355 Å². The van der Waals surface area contributed by atoms with Gasteiger partial charge in [0.1, 0.15) is 39.9 Å². The summed E-state index contributed by atoms with van der Waals surface area (Å²) in [6.45, 7) is 10.9. The van der Waals surface area contributed by atoms with Crippen molar-refractivity contribution in [3.63, 3.8) is 0 Å². The summed E-state index contributed by atoms with van der Waals surface area (Å²) in [6.07, 6.45) is 9.83. The summed E-state index contributed by atoms with van der Waals surface area (Å²) >= 11 is 1.70. The van der Waals surface area contributed by atoms with Gasteiger partial charge in [0, 0.05) is 28.8 Å². The second-order valence-electron chi connectivity index (χ2n) is 18.7. The van der Waals surface area contributed by atoms with Crippen molar-refractivity contribution >= 4 is 56.2 Å². The van der Waals surface area contributed by atoms with Crippen LogP contribution >= 0.6 is 11.3 Å². The van der Waals surface area contributed by atoms with Crippen LogP contribution in [0.3, 0.4) is 0 Å². The van der Waals surface area contributed by atoms with Crippen LogP contribution < -0.4 is 20.1 Å². The third-order valence-electron chi connectivity index (χ3n) is 12.5. The highest BCUT2D eigenvalue weighted by molar-refractivity contribution is 7.91. The quantitative estimate of drug-likeness (QED) is 0.231. The first-order valence-corrected chi connectivity index (χ1v) is 23.7. The number of allylic oxidation sites excluding steroid dienone is 1. The van der Waals surface area contributed by atoms with Crippen LogP contribution in [0.1, 0.15) is 122 Å². The summed E-state index contributed by atoms with van der Waals surface area (Å²) in [4.78, 5) is 69.2. The first-order chi connectivity index (χ1) is 28.4. The van der Waals surface area contributed by atoms with Gasteiger partial charge in [0.15, 0.2) is 0 Å². The standard InChI is InChI=1S/C43H57N7O8S2/c1-25(2)50-31-18-12-15-28(36-44-29-17-13-19-33(29)59-36)34(31)46-39(50)57-27-22-32-35(51)47-43(38(53)48-60(55,56)42(6)20-21-42)23-26(43)14-10-8-7-9-11-16-30(37(52)49(32)24-27)45-40(54)58-41(3,4)5/h10,12,14-15,18,25-27,30,32H,7-9,11,13,16-17,19-24H2,1-6H3,(H,45,54)(H,47,51)(H,48,53)/b14-10-/t26-,27-,30+,32+,43-/m1/s1. The van der Waals surface area contributed by atoms with Crippen molar-refractivity contribution in [2.75, 3.05) is 6.54 Å². The largest absolute Gasteiger partial charge is 0.459 e. The van der Waals surface area contributed by atoms with E-state index < -0.39 is 73.8 Å². The second kappa shape index (κ2) is 15.8. The number of imidazole rings is 1. The summed E-state index contributed by atoms with van der Waals surface area (Å²) < 4.78 is 42.0. The fraction of sp³-hybridized carbons (Fsp3) is 0.628. The Morgan fingerprint density at radius 2 is 1.85 bits per heavy atom. The molecule has 17 heteroatoms. The molecule has 3 aliphatic carbocycles. The first-order valence-electron chi connectivity index (χ1n) is 21.4. The van der Waals surface area contributed by atoms with Crippen LogP contribution in [0.4, 0.5) is 4.79 Å². The summed E-state index contributed by atoms with van der Waals surface area (Å²) in [5.74, 6) is -2.32. The van der Waals surface area contributed by atoms with Crippen molar-refractivity contribution in [3.05, 3.63) is 40.9 Å². The van der Waals surface area contributed by atoms with Gasteiger partial charge in [-0.3, -0.25) is 23.7 Å². The maximum absolute atomic E-state index is 14.7. The molecule has 3 fully saturated rings. The van der Waals surface area contributed by atoms with Crippen LogP contribution in [-0.4, -0.2) is 92.3 Å². The Bertz CT molecular complexity index is 2320. The van der Waals surface area contributed by atoms with Gasteiger partial charge >= 0.3 is 6.09 Å². The fourth-order valence-corrected chi connectivity index (χ4v) is 11.2. The maximum Gasteiger partial charge on any atom is 0.408 e. The van der Waals surface area contributed by atoms with E-state index in [-0.39, 0.29) is 25.4 Å². The molecule has 15 nitrogen and oxygen atoms in total. The number of para-hydroxylation sites is 1. The summed E-state index contributed by atoms with van der Waals surface area (Å²) in [6, 6.07) is 4.16. The number of rotatable bonds is 8. The Hall–Kier alpha value is -4.51. The lowest BCUT2D eigenvalue weighted by Gasteiger charge is -2.30. The molecule has 1 aromatic carbocycles. The Kier molecular flexibility index (Phi) is 11.1. The predicted molar refractivity (Wildman–Crippen MR) is 227 cm³/mol. The van der Waals surface area contributed by atoms with Crippen molar-refractivity contribution < 1.29 is 37.1 Å². The highest BCUT2D eigenvalue weighted by atomic mass is 32.2. The minimum absolute atomic E-state index is 0.00790. The van der Waals surface area contributed by atoms with E-state index in [4.69, 9.17) is 19.4 Å². The molecule has 1 saturated heterocycles. The molecular formula is C43H57N7O8S2. The van der Waals surface area contributed by atoms with Crippen LogP contribution in [0, 0.1) is 5.92 Å². The molecule has 3 aromatic rings. The van der Waals surface area contributed by atoms with Gasteiger partial charge in [0.05, 0.1) is 22.5 Å². The molecule has 4 amide bonds. The van der Waals surface area contributed by atoms with E-state index in [0.29, 0.717) is 38.1 Å². The highest BCUT2D eigenvalue weighted by Crippen LogP contribution is 2.48. The molecule has 0 radical (unpaired) electrons. The van der Waals surface area contributed by atoms with Crippen molar-refractivity contribution in [2.45, 2.75) is 159 Å². The number of alkyl carbamates (subject to hydrolysis) is 1. The number of carbonyl (C=O) groups excluding carboxylic acids is 4. The highest BCUT2D eigenvalue weighted by Gasteiger charge is 2.63. The van der Waals surface area contributed by atoms with Gasteiger partial charge in [-0.25, -0.2) is 18.2 Å². The number of thiazole rings is 1. The van der Waals surface area contributed by atoms with Crippen LogP contribution in [0.15, 0.2) is 30.4 Å². The molecule has 5 atom stereocenters. The molecule has 2 aliphatic heterocycles. The lowest BCUT2D eigenvalue weighted by molar-refractivity contribution is -0.141. The SMILES string of the molecule is CC(C)n1c(O[C@@H]2C[C@H]3C(=O)N[C@]4(C(=O)NS(=O)(=O)C5(C)CC5)C[C@H]4/C=C\CCCCC[C@H](NC(=O)OC(C)(C)C)C(=O)N3C2)nc2c(-c3nc4c(s3)CCC4)cccc21. The van der Waals surface area contributed by atoms with Crippen LogP contribution in [-0.2, 0) is 42.0 Å². The lowest BCUT2D eigenvalue weighted by atomic mass is 10.0. The topological polar surface area (TPSA) is 191 Å². The minimum atomic E-state index is -4.00. The molecule has 0 spiro atoms. The summed E-state index contributed by atoms with van der Waals surface area (Å²) in [5, 5.41) is 6.63. The van der Waals surface area contributed by atoms with Gasteiger partial charge in [0.25, 0.3) is 11.9 Å². The Morgan fingerprint density at radius 3 is 2.57 bits per heavy atom. The number of benzene rings is 1. The van der Waals surface area contributed by atoms with E-state index in [1.54, 1.807) is 39.0 Å². The van der Waals surface area contributed by atoms with Gasteiger partial charge in [-0.15, -0.1) is 11.3 Å². The van der Waals surface area contributed by atoms with Gasteiger partial charge in [-0.05, 0) is 111 Å². The number of hydrogen-bond acceptors (Lipinski definition) is 11. The molecule has 324 valence electrons. The first kappa shape index (κ1) is 42.2. The molecule has 0 unspecified atom stereocenters. The zero-order chi connectivity index (χ0) is 42.8. The molecule has 60 heavy (non-hydrogen) atoms. The molecule has 2 saturated carbocycles. The van der Waals surface area contributed by atoms with E-state index in [1.165, 1.54) is 9.78 Å². The molecule has 5 aliphatic rings. The molecule has 8 rings (SSSR count). The second-order valence-corrected chi connectivity index (χ2v) is 22.0. The van der Waals surface area contributed by atoms with E-state index in [0.717, 1.165) is 59.4 Å². The average Bonchev–Trinajstić information content (AvgIpc) is 3.72. The molecule has 0 bridgehead atoms. The third kappa shape index (κ3) is 8.27. The number of aryl methyl sites for hydroxylation is 2. The zero-order valence-corrected chi connectivity index (χ0v) is 37.0. The number of fused-ring (bicyclic) bond motifs is 4. The smallest absolute Gasteiger partial charge is 0.408 e. The number of hydrogen-bond donors (Lipinski definition) is 3. The normalized spacial score (nSPS) is 27.2. The van der Waals surface area contributed by atoms with Crippen LogP contribution in [0.2, 0.25) is 0 Å². The van der Waals surface area contributed by atoms with Crippen molar-refractivity contribution in [3.8, 4) is 16.6 Å². The van der Waals surface area contributed by atoms with Gasteiger partial charge in [-0.2, -0.15) is 4.98 Å². The minimum Gasteiger partial charge on any atom is -0.459 e. The molecule has 3 N–H and O–H groups in total. The fourth-order valence-electron chi connectivity index (χ4n) is 8.70. The number of ether oxygens (including phenoxy) is 2. The number of amides is 4. The monoisotopic (exact) mass is 863 g/mol. The van der Waals surface area contributed by atoms with Gasteiger partial charge in [-0.1, -0.05) is 31.1 Å². The van der Waals surface area contributed by atoms with Gasteiger partial charge < -0.3 is 25.0 Å². The summed E-state index contributed by atoms with van der Waals surface area (Å²) in [7, 11) is -4.00. The number of carbonyl (C=O) groups is 4. The molecular weight excluding hydrogens is 807 g/mol. The van der Waals surface area contributed by atoms with E-state index in [2.05, 4.69) is 15.4 Å². The van der Waals surface area contributed by atoms with Crippen LogP contribution in [0.5, 0.6) is 6.01 Å². The Balaban J connectivity index is 1.12.